The van der Waals surface area contributed by atoms with Crippen molar-refractivity contribution < 1.29 is 19.2 Å². The molecule has 1 fully saturated rings. The van der Waals surface area contributed by atoms with E-state index in [1.54, 1.807) is 30.3 Å². The number of halogens is 1. The highest BCUT2D eigenvalue weighted by molar-refractivity contribution is 6.45. The standard InChI is InChI=1S/C19H13ClN4O4/c20-14-7-6-13(9-21)15(8-14)22-16(25)11-24-18(27)17(26)23(19(24)28)10-12-4-2-1-3-5-12/h1-8H,10-11H2,(H,22,25). The fraction of sp³-hybridized carbons (Fsp3) is 0.105. The fourth-order valence-corrected chi connectivity index (χ4v) is 2.82. The van der Waals surface area contributed by atoms with Crippen molar-refractivity contribution in [3.05, 3.63) is 64.7 Å². The molecule has 0 aliphatic carbocycles. The topological polar surface area (TPSA) is 111 Å². The van der Waals surface area contributed by atoms with E-state index in [2.05, 4.69) is 5.32 Å². The molecule has 0 spiro atoms. The molecule has 1 aliphatic heterocycles. The maximum absolute atomic E-state index is 12.5. The number of urea groups is 1. The molecule has 1 N–H and O–H groups in total. The Bertz CT molecular complexity index is 1020. The van der Waals surface area contributed by atoms with E-state index in [-0.39, 0.29) is 17.8 Å². The number of imide groups is 2. The van der Waals surface area contributed by atoms with E-state index in [9.17, 15) is 19.2 Å². The predicted molar refractivity (Wildman–Crippen MR) is 98.9 cm³/mol. The molecule has 0 atom stereocenters. The first-order valence-electron chi connectivity index (χ1n) is 8.11. The molecule has 28 heavy (non-hydrogen) atoms. The van der Waals surface area contributed by atoms with Gasteiger partial charge in [0.2, 0.25) is 5.91 Å². The summed E-state index contributed by atoms with van der Waals surface area (Å²) in [4.78, 5) is 50.4. The van der Waals surface area contributed by atoms with Crippen LogP contribution in [0.3, 0.4) is 0 Å². The highest BCUT2D eigenvalue weighted by atomic mass is 35.5. The quantitative estimate of drug-likeness (QED) is 0.615. The third-order valence-corrected chi connectivity index (χ3v) is 4.23. The van der Waals surface area contributed by atoms with Crippen LogP contribution in [-0.4, -0.2) is 40.1 Å². The van der Waals surface area contributed by atoms with Crippen LogP contribution in [0.1, 0.15) is 11.1 Å². The summed E-state index contributed by atoms with van der Waals surface area (Å²) in [6.45, 7) is -0.735. The third kappa shape index (κ3) is 3.84. The minimum atomic E-state index is -1.08. The molecule has 9 heteroatoms. The molecule has 2 aromatic carbocycles. The predicted octanol–water partition coefficient (Wildman–Crippen LogP) is 2.14. The van der Waals surface area contributed by atoms with Crippen molar-refractivity contribution in [1.82, 2.24) is 9.80 Å². The summed E-state index contributed by atoms with van der Waals surface area (Å²) in [5, 5.41) is 11.8. The fourth-order valence-electron chi connectivity index (χ4n) is 2.65. The van der Waals surface area contributed by atoms with Gasteiger partial charge in [0.25, 0.3) is 0 Å². The Balaban J connectivity index is 1.72. The monoisotopic (exact) mass is 396 g/mol. The highest BCUT2D eigenvalue weighted by Gasteiger charge is 2.45. The SMILES string of the molecule is N#Cc1ccc(Cl)cc1NC(=O)CN1C(=O)C(=O)N(Cc2ccccc2)C1=O. The Morgan fingerprint density at radius 2 is 1.71 bits per heavy atom. The van der Waals surface area contributed by atoms with Crippen LogP contribution in [0.15, 0.2) is 48.5 Å². The van der Waals surface area contributed by atoms with E-state index in [0.717, 1.165) is 4.90 Å². The summed E-state index contributed by atoms with van der Waals surface area (Å²) < 4.78 is 0. The van der Waals surface area contributed by atoms with Crippen LogP contribution in [0.25, 0.3) is 0 Å². The summed E-state index contributed by atoms with van der Waals surface area (Å²) in [6.07, 6.45) is 0. The second-order valence-electron chi connectivity index (χ2n) is 5.90. The Kier molecular flexibility index (Phi) is 5.38. The molecule has 0 bridgehead atoms. The lowest BCUT2D eigenvalue weighted by Gasteiger charge is -2.15. The number of amides is 5. The van der Waals surface area contributed by atoms with Crippen molar-refractivity contribution in [2.45, 2.75) is 6.54 Å². The molecule has 0 radical (unpaired) electrons. The van der Waals surface area contributed by atoms with Gasteiger partial charge in [0.1, 0.15) is 12.6 Å². The average molecular weight is 397 g/mol. The zero-order valence-electron chi connectivity index (χ0n) is 14.4. The lowest BCUT2D eigenvalue weighted by atomic mass is 10.2. The van der Waals surface area contributed by atoms with Crippen LogP contribution in [0, 0.1) is 11.3 Å². The molecule has 1 heterocycles. The first-order chi connectivity index (χ1) is 13.4. The van der Waals surface area contributed by atoms with Crippen LogP contribution in [0.4, 0.5) is 10.5 Å². The van der Waals surface area contributed by atoms with Crippen molar-refractivity contribution in [2.24, 2.45) is 0 Å². The van der Waals surface area contributed by atoms with Crippen molar-refractivity contribution in [1.29, 1.82) is 5.26 Å². The van der Waals surface area contributed by atoms with Gasteiger partial charge in [0, 0.05) is 5.02 Å². The van der Waals surface area contributed by atoms with Crippen LogP contribution in [-0.2, 0) is 20.9 Å². The van der Waals surface area contributed by atoms with Crippen LogP contribution in [0.2, 0.25) is 5.02 Å². The van der Waals surface area contributed by atoms with E-state index in [0.29, 0.717) is 15.5 Å². The first-order valence-corrected chi connectivity index (χ1v) is 8.49. The Morgan fingerprint density at radius 3 is 2.39 bits per heavy atom. The largest absolute Gasteiger partial charge is 0.335 e. The maximum Gasteiger partial charge on any atom is 0.335 e. The molecule has 3 rings (SSSR count). The molecule has 5 amide bonds. The van der Waals surface area contributed by atoms with E-state index < -0.39 is 30.3 Å². The average Bonchev–Trinajstić information content (AvgIpc) is 2.87. The van der Waals surface area contributed by atoms with Crippen LogP contribution < -0.4 is 5.32 Å². The molecule has 1 aliphatic rings. The molecule has 140 valence electrons. The molecule has 2 aromatic rings. The lowest BCUT2D eigenvalue weighted by Crippen LogP contribution is -2.39. The number of carbonyl (C=O) groups excluding carboxylic acids is 4. The van der Waals surface area contributed by atoms with Gasteiger partial charge < -0.3 is 5.32 Å². The summed E-state index contributed by atoms with van der Waals surface area (Å²) in [7, 11) is 0. The summed E-state index contributed by atoms with van der Waals surface area (Å²) in [5.74, 6) is -2.82. The molecular formula is C19H13ClN4O4. The summed E-state index contributed by atoms with van der Waals surface area (Å²) in [5.41, 5.74) is 0.978. The number of anilines is 1. The zero-order valence-corrected chi connectivity index (χ0v) is 15.1. The molecule has 1 saturated heterocycles. The Hall–Kier alpha value is -3.70. The number of rotatable bonds is 5. The Labute approximate surface area is 164 Å². The second-order valence-corrected chi connectivity index (χ2v) is 6.34. The summed E-state index contributed by atoms with van der Waals surface area (Å²) >= 11 is 5.86. The van der Waals surface area contributed by atoms with Gasteiger partial charge in [-0.25, -0.2) is 9.69 Å². The number of carbonyl (C=O) groups is 4. The molecule has 8 nitrogen and oxygen atoms in total. The van der Waals surface area contributed by atoms with Crippen molar-refractivity contribution in [3.63, 3.8) is 0 Å². The molecular weight excluding hydrogens is 384 g/mol. The minimum Gasteiger partial charge on any atom is -0.323 e. The van der Waals surface area contributed by atoms with Gasteiger partial charge in [-0.05, 0) is 23.8 Å². The van der Waals surface area contributed by atoms with E-state index in [1.165, 1.54) is 18.2 Å². The third-order valence-electron chi connectivity index (χ3n) is 4.00. The van der Waals surface area contributed by atoms with Crippen LogP contribution >= 0.6 is 11.6 Å². The number of nitrogens with one attached hydrogen (secondary N) is 1. The molecule has 0 unspecified atom stereocenters. The second kappa shape index (κ2) is 7.90. The summed E-state index contributed by atoms with van der Waals surface area (Å²) in [6, 6.07) is 14.0. The van der Waals surface area contributed by atoms with Crippen LogP contribution in [0.5, 0.6) is 0 Å². The maximum atomic E-state index is 12.5. The van der Waals surface area contributed by atoms with Crippen molar-refractivity contribution in [2.75, 3.05) is 11.9 Å². The zero-order chi connectivity index (χ0) is 20.3. The minimum absolute atomic E-state index is 0.0742. The first kappa shape index (κ1) is 19.1. The Morgan fingerprint density at radius 1 is 1.04 bits per heavy atom. The van der Waals surface area contributed by atoms with Gasteiger partial charge >= 0.3 is 17.8 Å². The normalized spacial score (nSPS) is 13.6. The number of nitriles is 1. The van der Waals surface area contributed by atoms with Crippen molar-refractivity contribution in [3.8, 4) is 6.07 Å². The number of nitrogens with zero attached hydrogens (tertiary/aromatic N) is 3. The van der Waals surface area contributed by atoms with E-state index >= 15 is 0 Å². The van der Waals surface area contributed by atoms with Gasteiger partial charge in [-0.2, -0.15) is 5.26 Å². The highest BCUT2D eigenvalue weighted by Crippen LogP contribution is 2.21. The lowest BCUT2D eigenvalue weighted by molar-refractivity contribution is -0.143. The van der Waals surface area contributed by atoms with Crippen molar-refractivity contribution >= 4 is 41.0 Å². The number of hydrogen-bond acceptors (Lipinski definition) is 5. The molecule has 0 aromatic heterocycles. The number of benzene rings is 2. The van der Waals surface area contributed by atoms with E-state index in [4.69, 9.17) is 16.9 Å². The van der Waals surface area contributed by atoms with Gasteiger partial charge in [0.15, 0.2) is 0 Å². The smallest absolute Gasteiger partial charge is 0.323 e. The van der Waals surface area contributed by atoms with E-state index in [1.807, 2.05) is 6.07 Å². The van der Waals surface area contributed by atoms with Gasteiger partial charge in [-0.3, -0.25) is 19.3 Å². The molecule has 0 saturated carbocycles. The van der Waals surface area contributed by atoms with Gasteiger partial charge in [-0.1, -0.05) is 41.9 Å². The van der Waals surface area contributed by atoms with Gasteiger partial charge in [-0.15, -0.1) is 0 Å². The number of hydrogen-bond donors (Lipinski definition) is 1. The van der Waals surface area contributed by atoms with Gasteiger partial charge in [0.05, 0.1) is 17.8 Å².